The summed E-state index contributed by atoms with van der Waals surface area (Å²) in [6.07, 6.45) is 0. The zero-order chi connectivity index (χ0) is 15.6. The van der Waals surface area contributed by atoms with Gasteiger partial charge in [-0.05, 0) is 35.9 Å². The normalized spacial score (nSPS) is 11.1. The second kappa shape index (κ2) is 5.94. The molecule has 4 nitrogen and oxygen atoms in total. The third-order valence-electron chi connectivity index (χ3n) is 2.83. The van der Waals surface area contributed by atoms with Gasteiger partial charge in [0.2, 0.25) is 0 Å². The molecule has 0 unspecified atom stereocenters. The van der Waals surface area contributed by atoms with Crippen molar-refractivity contribution in [3.05, 3.63) is 57.6 Å². The second-order valence-electron chi connectivity index (χ2n) is 4.36. The number of halogens is 2. The molecule has 0 aliphatic heterocycles. The standard InChI is InChI=1S/C14H10Cl2N2O2S/c15-11-3-4-14(13(18)6-11)21(19,20)8-10-2-1-9(7-17)5-12(10)16/h1-6H,8,18H2. The van der Waals surface area contributed by atoms with Crippen LogP contribution in [0.5, 0.6) is 0 Å². The molecule has 2 aromatic rings. The third-order valence-corrected chi connectivity index (χ3v) is 5.15. The number of hydrogen-bond acceptors (Lipinski definition) is 4. The van der Waals surface area contributed by atoms with E-state index in [2.05, 4.69) is 0 Å². The maximum Gasteiger partial charge on any atom is 0.184 e. The Morgan fingerprint density at radius 3 is 2.43 bits per heavy atom. The lowest BCUT2D eigenvalue weighted by Crippen LogP contribution is -2.08. The van der Waals surface area contributed by atoms with Gasteiger partial charge in [-0.1, -0.05) is 29.3 Å². The maximum absolute atomic E-state index is 12.4. The average molecular weight is 341 g/mol. The Kier molecular flexibility index (Phi) is 4.43. The predicted octanol–water partition coefficient (Wildman–Crippen LogP) is 3.42. The maximum atomic E-state index is 12.4. The summed E-state index contributed by atoms with van der Waals surface area (Å²) in [6.45, 7) is 0. The van der Waals surface area contributed by atoms with Gasteiger partial charge in [0.05, 0.1) is 28.0 Å². The first-order valence-electron chi connectivity index (χ1n) is 5.80. The molecule has 108 valence electrons. The summed E-state index contributed by atoms with van der Waals surface area (Å²) in [7, 11) is -3.65. The van der Waals surface area contributed by atoms with Crippen LogP contribution in [0.1, 0.15) is 11.1 Å². The highest BCUT2D eigenvalue weighted by Crippen LogP contribution is 2.28. The molecule has 0 aliphatic rings. The van der Waals surface area contributed by atoms with Gasteiger partial charge in [0.25, 0.3) is 0 Å². The molecule has 21 heavy (non-hydrogen) atoms. The van der Waals surface area contributed by atoms with Crippen molar-refractivity contribution in [2.75, 3.05) is 5.73 Å². The zero-order valence-corrected chi connectivity index (χ0v) is 13.0. The van der Waals surface area contributed by atoms with E-state index >= 15 is 0 Å². The summed E-state index contributed by atoms with van der Waals surface area (Å²) in [5, 5.41) is 9.36. The molecule has 0 aliphatic carbocycles. The second-order valence-corrected chi connectivity index (χ2v) is 7.16. The monoisotopic (exact) mass is 340 g/mol. The van der Waals surface area contributed by atoms with Crippen LogP contribution in [0.3, 0.4) is 0 Å². The number of benzene rings is 2. The summed E-state index contributed by atoms with van der Waals surface area (Å²) in [5.41, 5.74) is 6.57. The number of nitrogens with two attached hydrogens (primary N) is 1. The largest absolute Gasteiger partial charge is 0.398 e. The number of nitriles is 1. The summed E-state index contributed by atoms with van der Waals surface area (Å²) in [6, 6.07) is 10.6. The lowest BCUT2D eigenvalue weighted by molar-refractivity contribution is 0.595. The van der Waals surface area contributed by atoms with Crippen molar-refractivity contribution in [3.8, 4) is 6.07 Å². The fourth-order valence-corrected chi connectivity index (χ4v) is 3.84. The SMILES string of the molecule is N#Cc1ccc(CS(=O)(=O)c2ccc(Cl)cc2N)c(Cl)c1. The lowest BCUT2D eigenvalue weighted by atomic mass is 10.2. The molecule has 0 amide bonds. The molecule has 2 rings (SSSR count). The fourth-order valence-electron chi connectivity index (χ4n) is 1.82. The number of anilines is 1. The van der Waals surface area contributed by atoms with Gasteiger partial charge in [-0.25, -0.2) is 8.42 Å². The van der Waals surface area contributed by atoms with Crippen LogP contribution in [0.25, 0.3) is 0 Å². The fraction of sp³-hybridized carbons (Fsp3) is 0.0714. The van der Waals surface area contributed by atoms with E-state index in [1.165, 1.54) is 36.4 Å². The molecule has 7 heteroatoms. The molecule has 0 aromatic heterocycles. The van der Waals surface area contributed by atoms with Crippen molar-refractivity contribution in [3.63, 3.8) is 0 Å². The molecule has 0 saturated carbocycles. The van der Waals surface area contributed by atoms with Gasteiger partial charge in [-0.3, -0.25) is 0 Å². The minimum absolute atomic E-state index is 0.00678. The summed E-state index contributed by atoms with van der Waals surface area (Å²) in [4.78, 5) is 0.00678. The summed E-state index contributed by atoms with van der Waals surface area (Å²) < 4.78 is 24.8. The molecule has 0 radical (unpaired) electrons. The van der Waals surface area contributed by atoms with E-state index in [9.17, 15) is 8.42 Å². The van der Waals surface area contributed by atoms with Gasteiger partial charge in [-0.2, -0.15) is 5.26 Å². The van der Waals surface area contributed by atoms with Gasteiger partial charge >= 0.3 is 0 Å². The molecular weight excluding hydrogens is 331 g/mol. The first kappa shape index (κ1) is 15.6. The molecular formula is C14H10Cl2N2O2S. The van der Waals surface area contributed by atoms with Crippen molar-refractivity contribution in [1.29, 1.82) is 5.26 Å². The molecule has 0 fully saturated rings. The average Bonchev–Trinajstić information content (AvgIpc) is 2.40. The highest BCUT2D eigenvalue weighted by atomic mass is 35.5. The van der Waals surface area contributed by atoms with Crippen molar-refractivity contribution >= 4 is 38.7 Å². The van der Waals surface area contributed by atoms with E-state index in [1.807, 2.05) is 6.07 Å². The molecule has 0 atom stereocenters. The number of nitrogen functional groups attached to an aromatic ring is 1. The van der Waals surface area contributed by atoms with Crippen molar-refractivity contribution < 1.29 is 8.42 Å². The molecule has 0 bridgehead atoms. The van der Waals surface area contributed by atoms with Crippen LogP contribution in [0, 0.1) is 11.3 Å². The Morgan fingerprint density at radius 2 is 1.86 bits per heavy atom. The van der Waals surface area contributed by atoms with Crippen LogP contribution in [0.2, 0.25) is 10.0 Å². The van der Waals surface area contributed by atoms with Gasteiger partial charge in [-0.15, -0.1) is 0 Å². The third kappa shape index (κ3) is 3.48. The minimum Gasteiger partial charge on any atom is -0.398 e. The highest BCUT2D eigenvalue weighted by molar-refractivity contribution is 7.90. The Bertz CT molecular complexity index is 843. The summed E-state index contributed by atoms with van der Waals surface area (Å²) in [5.74, 6) is -0.302. The Hall–Kier alpha value is -1.74. The van der Waals surface area contributed by atoms with Crippen LogP contribution in [-0.2, 0) is 15.6 Å². The zero-order valence-electron chi connectivity index (χ0n) is 10.7. The van der Waals surface area contributed by atoms with Crippen molar-refractivity contribution in [2.24, 2.45) is 0 Å². The van der Waals surface area contributed by atoms with Gasteiger partial charge in [0, 0.05) is 10.0 Å². The van der Waals surface area contributed by atoms with E-state index in [1.54, 1.807) is 0 Å². The topological polar surface area (TPSA) is 84.0 Å². The summed E-state index contributed by atoms with van der Waals surface area (Å²) >= 11 is 11.8. The Balaban J connectivity index is 2.40. The highest BCUT2D eigenvalue weighted by Gasteiger charge is 2.20. The van der Waals surface area contributed by atoms with Crippen molar-refractivity contribution in [2.45, 2.75) is 10.6 Å². The van der Waals surface area contributed by atoms with E-state index < -0.39 is 9.84 Å². The predicted molar refractivity (Wildman–Crippen MR) is 82.9 cm³/mol. The quantitative estimate of drug-likeness (QED) is 0.867. The van der Waals surface area contributed by atoms with Gasteiger partial charge < -0.3 is 5.73 Å². The smallest absolute Gasteiger partial charge is 0.184 e. The van der Waals surface area contributed by atoms with Crippen LogP contribution in [-0.4, -0.2) is 8.42 Å². The number of hydrogen-bond donors (Lipinski definition) is 1. The van der Waals surface area contributed by atoms with Gasteiger partial charge in [0.1, 0.15) is 0 Å². The molecule has 0 spiro atoms. The lowest BCUT2D eigenvalue weighted by Gasteiger charge is -2.09. The Morgan fingerprint density at radius 1 is 1.14 bits per heavy atom. The molecule has 2 aromatic carbocycles. The van der Waals surface area contributed by atoms with Crippen molar-refractivity contribution in [1.82, 2.24) is 0 Å². The number of nitrogens with zero attached hydrogens (tertiary/aromatic N) is 1. The molecule has 0 saturated heterocycles. The van der Waals surface area contributed by atoms with Gasteiger partial charge in [0.15, 0.2) is 9.84 Å². The van der Waals surface area contributed by atoms with E-state index in [4.69, 9.17) is 34.2 Å². The Labute approximate surface area is 132 Å². The van der Waals surface area contributed by atoms with Crippen LogP contribution >= 0.6 is 23.2 Å². The first-order chi connectivity index (χ1) is 9.83. The van der Waals surface area contributed by atoms with Crippen LogP contribution in [0.4, 0.5) is 5.69 Å². The van der Waals surface area contributed by atoms with E-state index in [0.717, 1.165) is 0 Å². The molecule has 2 N–H and O–H groups in total. The van der Waals surface area contributed by atoms with Crippen LogP contribution in [0.15, 0.2) is 41.3 Å². The first-order valence-corrected chi connectivity index (χ1v) is 8.20. The van der Waals surface area contributed by atoms with E-state index in [-0.39, 0.29) is 21.4 Å². The van der Waals surface area contributed by atoms with Crippen LogP contribution < -0.4 is 5.73 Å². The number of rotatable bonds is 3. The van der Waals surface area contributed by atoms with E-state index in [0.29, 0.717) is 16.1 Å². The minimum atomic E-state index is -3.65. The number of sulfone groups is 1. The molecule has 0 heterocycles.